The van der Waals surface area contributed by atoms with Crippen molar-refractivity contribution in [2.45, 2.75) is 19.0 Å². The number of methoxy groups -OCH3 is 1. The van der Waals surface area contributed by atoms with Gasteiger partial charge in [-0.3, -0.25) is 4.98 Å². The van der Waals surface area contributed by atoms with Gasteiger partial charge in [-0.05, 0) is 73.2 Å². The van der Waals surface area contributed by atoms with Crippen molar-refractivity contribution >= 4 is 34.6 Å². The molecule has 5 rings (SSSR count). The molecule has 0 spiro atoms. The molecule has 0 amide bonds. The average molecular weight is 476 g/mol. The van der Waals surface area contributed by atoms with E-state index in [0.29, 0.717) is 10.1 Å². The minimum absolute atomic E-state index is 0.205. The van der Waals surface area contributed by atoms with Gasteiger partial charge in [0.1, 0.15) is 23.3 Å². The summed E-state index contributed by atoms with van der Waals surface area (Å²) < 4.78 is 12.1. The zero-order valence-electron chi connectivity index (χ0n) is 18.2. The van der Waals surface area contributed by atoms with E-state index in [0.717, 1.165) is 39.8 Å². The summed E-state index contributed by atoms with van der Waals surface area (Å²) in [7, 11) is 1.66. The van der Waals surface area contributed by atoms with Crippen molar-refractivity contribution in [1.82, 2.24) is 10.3 Å². The van der Waals surface area contributed by atoms with Crippen molar-refractivity contribution in [3.8, 4) is 17.1 Å². The molecule has 1 aliphatic rings. The highest BCUT2D eigenvalue weighted by Crippen LogP contribution is 2.45. The maximum Gasteiger partial charge on any atom is 0.174 e. The van der Waals surface area contributed by atoms with Crippen LogP contribution in [0, 0.1) is 6.92 Å². The van der Waals surface area contributed by atoms with Gasteiger partial charge in [0.25, 0.3) is 0 Å². The van der Waals surface area contributed by atoms with Crippen LogP contribution in [-0.4, -0.2) is 17.2 Å². The third-order valence-corrected chi connectivity index (χ3v) is 6.38. The van der Waals surface area contributed by atoms with Crippen molar-refractivity contribution in [2.24, 2.45) is 0 Å². The number of pyridine rings is 1. The van der Waals surface area contributed by atoms with Crippen LogP contribution in [-0.2, 0) is 0 Å². The Morgan fingerprint density at radius 2 is 1.88 bits per heavy atom. The molecule has 1 fully saturated rings. The van der Waals surface area contributed by atoms with Gasteiger partial charge in [-0.25, -0.2) is 0 Å². The number of furan rings is 1. The van der Waals surface area contributed by atoms with Crippen LogP contribution in [0.15, 0.2) is 83.4 Å². The van der Waals surface area contributed by atoms with Crippen LogP contribution in [0.1, 0.15) is 29.1 Å². The lowest BCUT2D eigenvalue weighted by Gasteiger charge is -2.27. The fourth-order valence-corrected chi connectivity index (χ4v) is 4.76. The molecular weight excluding hydrogens is 454 g/mol. The minimum atomic E-state index is -0.267. The van der Waals surface area contributed by atoms with Gasteiger partial charge in [0, 0.05) is 16.8 Å². The maximum absolute atomic E-state index is 6.45. The van der Waals surface area contributed by atoms with Gasteiger partial charge in [0.2, 0.25) is 0 Å². The Morgan fingerprint density at radius 1 is 1.06 bits per heavy atom. The molecule has 0 bridgehead atoms. The SMILES string of the molecule is COc1ccccc1N1C(=S)N[C@@H](c2ccccn2)[C@H]1c1ccc(-c2cc(Cl)ccc2C)o1. The standard InChI is InChI=1S/C26H22ClN3O2S/c1-16-10-11-17(27)15-18(16)21-12-13-23(32-21)25-24(19-7-5-6-14-28-19)29-26(33)30(25)20-8-3-4-9-22(20)31-2/h3-15,24-25H,1-2H3,(H,29,33)/t24-,25+/m0/s1. The first kappa shape index (κ1) is 21.5. The fourth-order valence-electron chi connectivity index (χ4n) is 4.25. The molecular formula is C26H22ClN3O2S. The van der Waals surface area contributed by atoms with Gasteiger partial charge >= 0.3 is 0 Å². The lowest BCUT2D eigenvalue weighted by Crippen LogP contribution is -2.29. The number of aromatic nitrogens is 1. The van der Waals surface area contributed by atoms with Crippen LogP contribution >= 0.6 is 23.8 Å². The maximum atomic E-state index is 6.45. The van der Waals surface area contributed by atoms with Gasteiger partial charge in [-0.15, -0.1) is 0 Å². The number of nitrogens with zero attached hydrogens (tertiary/aromatic N) is 2. The van der Waals surface area contributed by atoms with E-state index in [9.17, 15) is 0 Å². The molecule has 33 heavy (non-hydrogen) atoms. The lowest BCUT2D eigenvalue weighted by molar-refractivity contribution is 0.409. The largest absolute Gasteiger partial charge is 0.495 e. The Morgan fingerprint density at radius 3 is 2.67 bits per heavy atom. The molecule has 7 heteroatoms. The van der Waals surface area contributed by atoms with E-state index in [2.05, 4.69) is 10.3 Å². The highest BCUT2D eigenvalue weighted by atomic mass is 35.5. The van der Waals surface area contributed by atoms with E-state index in [-0.39, 0.29) is 12.1 Å². The molecule has 3 heterocycles. The summed E-state index contributed by atoms with van der Waals surface area (Å²) in [4.78, 5) is 6.64. The van der Waals surface area contributed by atoms with Crippen molar-refractivity contribution in [2.75, 3.05) is 12.0 Å². The number of anilines is 1. The van der Waals surface area contributed by atoms with E-state index in [1.807, 2.05) is 84.6 Å². The summed E-state index contributed by atoms with van der Waals surface area (Å²) >= 11 is 12.1. The molecule has 2 atom stereocenters. The van der Waals surface area contributed by atoms with Crippen LogP contribution in [0.5, 0.6) is 5.75 Å². The number of thiocarbonyl (C=S) groups is 1. The van der Waals surface area contributed by atoms with Crippen LogP contribution < -0.4 is 15.0 Å². The molecule has 166 valence electrons. The Bertz CT molecular complexity index is 1310. The zero-order chi connectivity index (χ0) is 22.9. The Hall–Kier alpha value is -3.35. The first-order valence-corrected chi connectivity index (χ1v) is 11.4. The topological polar surface area (TPSA) is 50.5 Å². The van der Waals surface area contributed by atoms with Crippen molar-refractivity contribution in [3.63, 3.8) is 0 Å². The molecule has 1 saturated heterocycles. The Balaban J connectivity index is 1.64. The second-order valence-electron chi connectivity index (χ2n) is 7.83. The van der Waals surface area contributed by atoms with Crippen LogP contribution in [0.4, 0.5) is 5.69 Å². The third-order valence-electron chi connectivity index (χ3n) is 5.83. The van der Waals surface area contributed by atoms with Crippen LogP contribution in [0.25, 0.3) is 11.3 Å². The first-order valence-electron chi connectivity index (χ1n) is 10.6. The first-order chi connectivity index (χ1) is 16.1. The van der Waals surface area contributed by atoms with E-state index >= 15 is 0 Å². The fraction of sp³-hybridized carbons (Fsp3) is 0.154. The monoisotopic (exact) mass is 475 g/mol. The second kappa shape index (κ2) is 8.89. The smallest absolute Gasteiger partial charge is 0.174 e. The number of halogens is 1. The Labute approximate surface area is 203 Å². The normalized spacial score (nSPS) is 17.8. The van der Waals surface area contributed by atoms with Crippen molar-refractivity contribution in [3.05, 3.63) is 101 Å². The quantitative estimate of drug-likeness (QED) is 0.333. The molecule has 2 aromatic carbocycles. The average Bonchev–Trinajstić information content (AvgIpc) is 3.45. The molecule has 0 radical (unpaired) electrons. The van der Waals surface area contributed by atoms with Crippen molar-refractivity contribution < 1.29 is 9.15 Å². The summed E-state index contributed by atoms with van der Waals surface area (Å²) in [5.41, 5.74) is 3.78. The number of aryl methyl sites for hydroxylation is 1. The molecule has 2 aromatic heterocycles. The third kappa shape index (κ3) is 3.96. The second-order valence-corrected chi connectivity index (χ2v) is 8.65. The predicted octanol–water partition coefficient (Wildman–Crippen LogP) is 6.49. The van der Waals surface area contributed by atoms with E-state index < -0.39 is 0 Å². The number of hydrogen-bond acceptors (Lipinski definition) is 4. The van der Waals surface area contributed by atoms with Crippen LogP contribution in [0.3, 0.4) is 0 Å². The molecule has 5 nitrogen and oxygen atoms in total. The molecule has 1 aliphatic heterocycles. The highest BCUT2D eigenvalue weighted by Gasteiger charge is 2.43. The van der Waals surface area contributed by atoms with E-state index in [1.54, 1.807) is 13.3 Å². The zero-order valence-corrected chi connectivity index (χ0v) is 19.7. The lowest BCUT2D eigenvalue weighted by atomic mass is 10.0. The predicted molar refractivity (Wildman–Crippen MR) is 135 cm³/mol. The van der Waals surface area contributed by atoms with Gasteiger partial charge in [-0.2, -0.15) is 0 Å². The van der Waals surface area contributed by atoms with Crippen LogP contribution in [0.2, 0.25) is 5.02 Å². The number of benzene rings is 2. The number of nitrogens with one attached hydrogen (secondary N) is 1. The summed E-state index contributed by atoms with van der Waals surface area (Å²) in [5.74, 6) is 2.24. The van der Waals surface area contributed by atoms with Gasteiger partial charge in [0.05, 0.1) is 24.5 Å². The Kier molecular flexibility index (Phi) is 5.79. The molecule has 1 N–H and O–H groups in total. The summed E-state index contributed by atoms with van der Waals surface area (Å²) in [5, 5.41) is 4.69. The van der Waals surface area contributed by atoms with E-state index in [1.165, 1.54) is 0 Å². The molecule has 0 unspecified atom stereocenters. The summed E-state index contributed by atoms with van der Waals surface area (Å²) in [6.45, 7) is 2.04. The number of para-hydroxylation sites is 2. The summed E-state index contributed by atoms with van der Waals surface area (Å²) in [6, 6.07) is 23.0. The number of ether oxygens (including phenoxy) is 1. The number of hydrogen-bond donors (Lipinski definition) is 1. The highest BCUT2D eigenvalue weighted by molar-refractivity contribution is 7.80. The minimum Gasteiger partial charge on any atom is -0.495 e. The van der Waals surface area contributed by atoms with Gasteiger partial charge < -0.3 is 19.4 Å². The van der Waals surface area contributed by atoms with Crippen molar-refractivity contribution in [1.29, 1.82) is 0 Å². The molecule has 4 aromatic rings. The molecule has 0 aliphatic carbocycles. The van der Waals surface area contributed by atoms with E-state index in [4.69, 9.17) is 33.0 Å². The summed E-state index contributed by atoms with van der Waals surface area (Å²) in [6.07, 6.45) is 1.78. The number of rotatable bonds is 5. The molecule has 0 saturated carbocycles. The van der Waals surface area contributed by atoms with Gasteiger partial charge in [0.15, 0.2) is 5.11 Å². The van der Waals surface area contributed by atoms with Gasteiger partial charge in [-0.1, -0.05) is 35.9 Å².